The lowest BCUT2D eigenvalue weighted by Crippen LogP contribution is -2.47. The van der Waals surface area contributed by atoms with Crippen LogP contribution in [0.15, 0.2) is 18.2 Å². The van der Waals surface area contributed by atoms with Crippen molar-refractivity contribution in [3.63, 3.8) is 0 Å². The Hall–Kier alpha value is -0.440. The molecule has 1 fully saturated rings. The second-order valence-corrected chi connectivity index (χ2v) is 6.02. The third kappa shape index (κ3) is 3.53. The van der Waals surface area contributed by atoms with E-state index in [1.165, 1.54) is 18.5 Å². The molecule has 0 radical (unpaired) electrons. The molecular formula is C14H20Cl2N2. The molecule has 1 aromatic carbocycles. The summed E-state index contributed by atoms with van der Waals surface area (Å²) in [5.74, 6) is 0. The van der Waals surface area contributed by atoms with Gasteiger partial charge in [-0.15, -0.1) is 0 Å². The Labute approximate surface area is 119 Å². The minimum Gasteiger partial charge on any atom is -0.370 e. The van der Waals surface area contributed by atoms with Gasteiger partial charge in [-0.1, -0.05) is 37.0 Å². The summed E-state index contributed by atoms with van der Waals surface area (Å²) < 4.78 is 0. The van der Waals surface area contributed by atoms with Gasteiger partial charge >= 0.3 is 0 Å². The van der Waals surface area contributed by atoms with Gasteiger partial charge in [-0.25, -0.2) is 0 Å². The average Bonchev–Trinajstić information content (AvgIpc) is 2.32. The van der Waals surface area contributed by atoms with Gasteiger partial charge in [0.25, 0.3) is 0 Å². The summed E-state index contributed by atoms with van der Waals surface area (Å²) in [6.45, 7) is 6.51. The standard InChI is InChI=1S/C14H20Cl2N2/c1-10(2)17-11-4-3-7-18(9-11)12-5-6-13(15)14(16)8-12/h5-6,8,10-11,17H,3-4,7,9H2,1-2H3. The Balaban J connectivity index is 2.05. The van der Waals surface area contributed by atoms with E-state index in [1.54, 1.807) is 0 Å². The molecule has 2 rings (SSSR count). The molecule has 1 aliphatic rings. The van der Waals surface area contributed by atoms with Gasteiger partial charge < -0.3 is 10.2 Å². The van der Waals surface area contributed by atoms with Crippen LogP contribution in [-0.4, -0.2) is 25.2 Å². The smallest absolute Gasteiger partial charge is 0.0612 e. The highest BCUT2D eigenvalue weighted by Gasteiger charge is 2.20. The molecular weight excluding hydrogens is 267 g/mol. The quantitative estimate of drug-likeness (QED) is 0.905. The van der Waals surface area contributed by atoms with Crippen LogP contribution >= 0.6 is 23.2 Å². The second kappa shape index (κ2) is 6.14. The zero-order chi connectivity index (χ0) is 13.1. The summed E-state index contributed by atoms with van der Waals surface area (Å²) in [6.07, 6.45) is 2.46. The van der Waals surface area contributed by atoms with Crippen molar-refractivity contribution in [3.05, 3.63) is 28.2 Å². The van der Waals surface area contributed by atoms with Gasteiger partial charge in [0, 0.05) is 30.9 Å². The first kappa shape index (κ1) is 14.0. The molecule has 1 heterocycles. The minimum absolute atomic E-state index is 0.531. The zero-order valence-corrected chi connectivity index (χ0v) is 12.4. The third-order valence-electron chi connectivity index (χ3n) is 3.26. The highest BCUT2D eigenvalue weighted by molar-refractivity contribution is 6.42. The molecule has 0 saturated carbocycles. The molecule has 2 nitrogen and oxygen atoms in total. The van der Waals surface area contributed by atoms with E-state index in [-0.39, 0.29) is 0 Å². The topological polar surface area (TPSA) is 15.3 Å². The fourth-order valence-electron chi connectivity index (χ4n) is 2.50. The molecule has 0 bridgehead atoms. The van der Waals surface area contributed by atoms with Gasteiger partial charge in [0.05, 0.1) is 10.0 Å². The molecule has 18 heavy (non-hydrogen) atoms. The van der Waals surface area contributed by atoms with Crippen molar-refractivity contribution in [2.45, 2.75) is 38.8 Å². The van der Waals surface area contributed by atoms with Crippen molar-refractivity contribution in [1.82, 2.24) is 5.32 Å². The van der Waals surface area contributed by atoms with Gasteiger partial charge in [0.15, 0.2) is 0 Å². The number of anilines is 1. The van der Waals surface area contributed by atoms with E-state index in [2.05, 4.69) is 24.1 Å². The third-order valence-corrected chi connectivity index (χ3v) is 4.00. The van der Waals surface area contributed by atoms with Crippen LogP contribution in [-0.2, 0) is 0 Å². The monoisotopic (exact) mass is 286 g/mol. The van der Waals surface area contributed by atoms with Crippen LogP contribution in [0.4, 0.5) is 5.69 Å². The lowest BCUT2D eigenvalue weighted by atomic mass is 10.0. The van der Waals surface area contributed by atoms with Gasteiger partial charge in [-0.3, -0.25) is 0 Å². The fourth-order valence-corrected chi connectivity index (χ4v) is 2.79. The van der Waals surface area contributed by atoms with E-state index in [0.29, 0.717) is 22.1 Å². The van der Waals surface area contributed by atoms with Crippen molar-refractivity contribution in [1.29, 1.82) is 0 Å². The Bertz CT molecular complexity index is 407. The molecule has 1 unspecified atom stereocenters. The van der Waals surface area contributed by atoms with Crippen LogP contribution in [0.2, 0.25) is 10.0 Å². The number of nitrogens with zero attached hydrogens (tertiary/aromatic N) is 1. The highest BCUT2D eigenvalue weighted by atomic mass is 35.5. The molecule has 4 heteroatoms. The molecule has 0 aromatic heterocycles. The number of nitrogens with one attached hydrogen (secondary N) is 1. The van der Waals surface area contributed by atoms with Crippen LogP contribution in [0, 0.1) is 0 Å². The number of piperidine rings is 1. The van der Waals surface area contributed by atoms with E-state index in [9.17, 15) is 0 Å². The normalized spacial score (nSPS) is 20.5. The largest absolute Gasteiger partial charge is 0.370 e. The second-order valence-electron chi connectivity index (χ2n) is 5.20. The van der Waals surface area contributed by atoms with Crippen LogP contribution in [0.3, 0.4) is 0 Å². The molecule has 0 amide bonds. The Morgan fingerprint density at radius 2 is 2.06 bits per heavy atom. The van der Waals surface area contributed by atoms with Gasteiger partial charge in [0.2, 0.25) is 0 Å². The minimum atomic E-state index is 0.531. The SMILES string of the molecule is CC(C)NC1CCCN(c2ccc(Cl)c(Cl)c2)C1. The number of hydrogen-bond acceptors (Lipinski definition) is 2. The Kier molecular flexibility index (Phi) is 4.77. The van der Waals surface area contributed by atoms with Gasteiger partial charge in [-0.05, 0) is 31.0 Å². The fraction of sp³-hybridized carbons (Fsp3) is 0.571. The summed E-state index contributed by atoms with van der Waals surface area (Å²) in [4.78, 5) is 2.38. The number of halogens is 2. The summed E-state index contributed by atoms with van der Waals surface area (Å²) in [7, 11) is 0. The van der Waals surface area contributed by atoms with Crippen molar-refractivity contribution >= 4 is 28.9 Å². The highest BCUT2D eigenvalue weighted by Crippen LogP contribution is 2.28. The first-order valence-corrected chi connectivity index (χ1v) is 7.28. The Morgan fingerprint density at radius 3 is 2.72 bits per heavy atom. The predicted octanol–water partition coefficient (Wildman–Crippen LogP) is 3.96. The van der Waals surface area contributed by atoms with E-state index >= 15 is 0 Å². The van der Waals surface area contributed by atoms with Crippen molar-refractivity contribution < 1.29 is 0 Å². The number of benzene rings is 1. The molecule has 0 aliphatic carbocycles. The average molecular weight is 287 g/mol. The molecule has 1 atom stereocenters. The van der Waals surface area contributed by atoms with Crippen LogP contribution in [0.5, 0.6) is 0 Å². The zero-order valence-electron chi connectivity index (χ0n) is 10.9. The molecule has 1 saturated heterocycles. The van der Waals surface area contributed by atoms with E-state index in [0.717, 1.165) is 13.1 Å². The lowest BCUT2D eigenvalue weighted by molar-refractivity contribution is 0.395. The van der Waals surface area contributed by atoms with Crippen molar-refractivity contribution in [3.8, 4) is 0 Å². The molecule has 100 valence electrons. The first-order valence-electron chi connectivity index (χ1n) is 6.52. The van der Waals surface area contributed by atoms with Gasteiger partial charge in [0.1, 0.15) is 0 Å². The summed E-state index contributed by atoms with van der Waals surface area (Å²) >= 11 is 12.0. The predicted molar refractivity (Wildman–Crippen MR) is 80.0 cm³/mol. The van der Waals surface area contributed by atoms with Gasteiger partial charge in [-0.2, -0.15) is 0 Å². The van der Waals surface area contributed by atoms with E-state index < -0.39 is 0 Å². The summed E-state index contributed by atoms with van der Waals surface area (Å²) in [5.41, 5.74) is 1.17. The number of rotatable bonds is 3. The number of hydrogen-bond donors (Lipinski definition) is 1. The lowest BCUT2D eigenvalue weighted by Gasteiger charge is -2.36. The molecule has 1 aromatic rings. The summed E-state index contributed by atoms with van der Waals surface area (Å²) in [6, 6.07) is 6.98. The van der Waals surface area contributed by atoms with E-state index in [4.69, 9.17) is 23.2 Å². The van der Waals surface area contributed by atoms with Crippen LogP contribution in [0.25, 0.3) is 0 Å². The molecule has 0 spiro atoms. The maximum absolute atomic E-state index is 6.08. The maximum atomic E-state index is 6.08. The van der Waals surface area contributed by atoms with Crippen molar-refractivity contribution in [2.75, 3.05) is 18.0 Å². The molecule has 1 N–H and O–H groups in total. The first-order chi connectivity index (χ1) is 8.56. The van der Waals surface area contributed by atoms with E-state index in [1.807, 2.05) is 18.2 Å². The summed E-state index contributed by atoms with van der Waals surface area (Å²) in [5, 5.41) is 4.86. The molecule has 1 aliphatic heterocycles. The van der Waals surface area contributed by atoms with Crippen molar-refractivity contribution in [2.24, 2.45) is 0 Å². The maximum Gasteiger partial charge on any atom is 0.0612 e. The van der Waals surface area contributed by atoms with Crippen LogP contribution < -0.4 is 10.2 Å². The van der Waals surface area contributed by atoms with Crippen LogP contribution in [0.1, 0.15) is 26.7 Å². The Morgan fingerprint density at radius 1 is 1.28 bits per heavy atom.